The molecule has 3 heteroatoms. The van der Waals surface area contributed by atoms with Crippen molar-refractivity contribution < 1.29 is 4.39 Å². The number of rotatable bonds is 1. The van der Waals surface area contributed by atoms with Crippen molar-refractivity contribution in [1.82, 2.24) is 9.97 Å². The number of halogens is 1. The van der Waals surface area contributed by atoms with Crippen LogP contribution in [0.3, 0.4) is 0 Å². The second-order valence-electron chi connectivity index (χ2n) is 4.12. The molecule has 0 saturated heterocycles. The van der Waals surface area contributed by atoms with Crippen molar-refractivity contribution in [2.75, 3.05) is 0 Å². The third kappa shape index (κ3) is 1.80. The summed E-state index contributed by atoms with van der Waals surface area (Å²) in [5, 5.41) is 0. The van der Waals surface area contributed by atoms with Crippen LogP contribution in [-0.4, -0.2) is 9.97 Å². The second kappa shape index (κ2) is 3.70. The van der Waals surface area contributed by atoms with Gasteiger partial charge in [-0.05, 0) is 31.2 Å². The molecule has 0 aliphatic rings. The first kappa shape index (κ1) is 10.0. The van der Waals surface area contributed by atoms with Gasteiger partial charge in [0.15, 0.2) is 0 Å². The standard InChI is InChI=1S/C14H11FN2/c1-9-3-2-4-10(7-9)14-16-12-6-5-11(15)8-13(12)17-14/h2-8H,1H3,(H,16,17). The van der Waals surface area contributed by atoms with Gasteiger partial charge in [0.05, 0.1) is 11.0 Å². The number of hydrogen-bond acceptors (Lipinski definition) is 1. The van der Waals surface area contributed by atoms with E-state index in [9.17, 15) is 4.39 Å². The molecule has 2 nitrogen and oxygen atoms in total. The lowest BCUT2D eigenvalue weighted by Gasteiger charge is -1.97. The minimum atomic E-state index is -0.253. The van der Waals surface area contributed by atoms with Crippen molar-refractivity contribution in [3.63, 3.8) is 0 Å². The van der Waals surface area contributed by atoms with Crippen LogP contribution in [0.15, 0.2) is 42.5 Å². The maximum absolute atomic E-state index is 13.1. The van der Waals surface area contributed by atoms with Crippen LogP contribution in [0, 0.1) is 12.7 Å². The van der Waals surface area contributed by atoms with E-state index in [4.69, 9.17) is 0 Å². The van der Waals surface area contributed by atoms with Crippen LogP contribution in [0.5, 0.6) is 0 Å². The molecule has 0 spiro atoms. The van der Waals surface area contributed by atoms with Crippen LogP contribution in [0.1, 0.15) is 5.56 Å². The van der Waals surface area contributed by atoms with Gasteiger partial charge in [-0.3, -0.25) is 0 Å². The van der Waals surface area contributed by atoms with E-state index < -0.39 is 0 Å². The lowest BCUT2D eigenvalue weighted by molar-refractivity contribution is 0.629. The number of nitrogens with zero attached hydrogens (tertiary/aromatic N) is 1. The van der Waals surface area contributed by atoms with E-state index in [0.717, 1.165) is 22.4 Å². The Morgan fingerprint density at radius 1 is 1.12 bits per heavy atom. The van der Waals surface area contributed by atoms with E-state index in [0.29, 0.717) is 0 Å². The minimum Gasteiger partial charge on any atom is -0.338 e. The van der Waals surface area contributed by atoms with E-state index in [1.54, 1.807) is 6.07 Å². The third-order valence-corrected chi connectivity index (χ3v) is 2.74. The van der Waals surface area contributed by atoms with Crippen LogP contribution in [0.25, 0.3) is 22.4 Å². The van der Waals surface area contributed by atoms with Gasteiger partial charge >= 0.3 is 0 Å². The predicted octanol–water partition coefficient (Wildman–Crippen LogP) is 3.68. The lowest BCUT2D eigenvalue weighted by atomic mass is 10.1. The number of imidazole rings is 1. The topological polar surface area (TPSA) is 28.7 Å². The van der Waals surface area contributed by atoms with Crippen molar-refractivity contribution >= 4 is 11.0 Å². The SMILES string of the molecule is Cc1cccc(-c2nc3ccc(F)cc3[nH]2)c1. The van der Waals surface area contributed by atoms with Gasteiger partial charge in [-0.15, -0.1) is 0 Å². The Balaban J connectivity index is 2.18. The summed E-state index contributed by atoms with van der Waals surface area (Å²) in [6, 6.07) is 12.6. The fraction of sp³-hybridized carbons (Fsp3) is 0.0714. The molecule has 0 aliphatic carbocycles. The number of benzene rings is 2. The van der Waals surface area contributed by atoms with Gasteiger partial charge in [-0.25, -0.2) is 9.37 Å². The Kier molecular flexibility index (Phi) is 2.18. The Hall–Kier alpha value is -2.16. The van der Waals surface area contributed by atoms with Crippen molar-refractivity contribution in [3.05, 3.63) is 53.8 Å². The molecule has 0 unspecified atom stereocenters. The Morgan fingerprint density at radius 3 is 2.82 bits per heavy atom. The summed E-state index contributed by atoms with van der Waals surface area (Å²) in [5.74, 6) is 0.520. The molecule has 0 bridgehead atoms. The summed E-state index contributed by atoms with van der Waals surface area (Å²) < 4.78 is 13.1. The summed E-state index contributed by atoms with van der Waals surface area (Å²) in [7, 11) is 0. The van der Waals surface area contributed by atoms with Gasteiger partial charge in [0.25, 0.3) is 0 Å². The van der Waals surface area contributed by atoms with Gasteiger partial charge in [-0.2, -0.15) is 0 Å². The van der Waals surface area contributed by atoms with Gasteiger partial charge < -0.3 is 4.98 Å². The molecule has 0 amide bonds. The second-order valence-corrected chi connectivity index (χ2v) is 4.12. The molecule has 1 heterocycles. The average molecular weight is 226 g/mol. The highest BCUT2D eigenvalue weighted by Gasteiger charge is 2.05. The Bertz CT molecular complexity index is 686. The number of nitrogens with one attached hydrogen (secondary N) is 1. The zero-order chi connectivity index (χ0) is 11.8. The van der Waals surface area contributed by atoms with Crippen molar-refractivity contribution in [2.24, 2.45) is 0 Å². The average Bonchev–Trinajstić information content (AvgIpc) is 2.72. The van der Waals surface area contributed by atoms with Crippen LogP contribution in [0.4, 0.5) is 4.39 Å². The zero-order valence-electron chi connectivity index (χ0n) is 9.37. The molecule has 1 N–H and O–H groups in total. The van der Waals surface area contributed by atoms with Gasteiger partial charge in [0.1, 0.15) is 11.6 Å². The van der Waals surface area contributed by atoms with Crippen LogP contribution < -0.4 is 0 Å². The fourth-order valence-corrected chi connectivity index (χ4v) is 1.91. The smallest absolute Gasteiger partial charge is 0.138 e. The Morgan fingerprint density at radius 2 is 2.00 bits per heavy atom. The molecule has 0 saturated carbocycles. The summed E-state index contributed by atoms with van der Waals surface area (Å²) >= 11 is 0. The molecule has 0 aliphatic heterocycles. The van der Waals surface area contributed by atoms with Crippen LogP contribution >= 0.6 is 0 Å². The summed E-state index contributed by atoms with van der Waals surface area (Å²) in [6.07, 6.45) is 0. The molecular formula is C14H11FN2. The first-order valence-electron chi connectivity index (χ1n) is 5.45. The number of H-pyrrole nitrogens is 1. The molecular weight excluding hydrogens is 215 g/mol. The minimum absolute atomic E-state index is 0.253. The lowest BCUT2D eigenvalue weighted by Crippen LogP contribution is -1.80. The van der Waals surface area contributed by atoms with E-state index in [1.807, 2.05) is 31.2 Å². The van der Waals surface area contributed by atoms with E-state index in [1.165, 1.54) is 17.7 Å². The fourth-order valence-electron chi connectivity index (χ4n) is 1.91. The molecule has 17 heavy (non-hydrogen) atoms. The molecule has 0 radical (unpaired) electrons. The first-order valence-corrected chi connectivity index (χ1v) is 5.45. The number of aromatic nitrogens is 2. The summed E-state index contributed by atoms with van der Waals surface area (Å²) in [6.45, 7) is 2.03. The normalized spacial score (nSPS) is 10.9. The Labute approximate surface area is 98.1 Å². The van der Waals surface area contributed by atoms with Gasteiger partial charge in [0, 0.05) is 5.56 Å². The molecule has 3 rings (SSSR count). The quantitative estimate of drug-likeness (QED) is 0.673. The van der Waals surface area contributed by atoms with Crippen LogP contribution in [-0.2, 0) is 0 Å². The van der Waals surface area contributed by atoms with Gasteiger partial charge in [-0.1, -0.05) is 23.8 Å². The van der Waals surface area contributed by atoms with Gasteiger partial charge in [0.2, 0.25) is 0 Å². The summed E-state index contributed by atoms with van der Waals surface area (Å²) in [4.78, 5) is 7.57. The summed E-state index contributed by atoms with van der Waals surface area (Å²) in [5.41, 5.74) is 3.69. The highest BCUT2D eigenvalue weighted by molar-refractivity contribution is 5.79. The molecule has 0 atom stereocenters. The third-order valence-electron chi connectivity index (χ3n) is 2.74. The molecule has 84 valence electrons. The highest BCUT2D eigenvalue weighted by Crippen LogP contribution is 2.21. The molecule has 3 aromatic rings. The maximum Gasteiger partial charge on any atom is 0.138 e. The number of hydrogen-bond donors (Lipinski definition) is 1. The highest BCUT2D eigenvalue weighted by atomic mass is 19.1. The largest absolute Gasteiger partial charge is 0.338 e. The number of aromatic amines is 1. The van der Waals surface area contributed by atoms with Crippen molar-refractivity contribution in [1.29, 1.82) is 0 Å². The van der Waals surface area contributed by atoms with E-state index in [-0.39, 0.29) is 5.82 Å². The van der Waals surface area contributed by atoms with Crippen molar-refractivity contribution in [3.8, 4) is 11.4 Å². The number of fused-ring (bicyclic) bond motifs is 1. The van der Waals surface area contributed by atoms with Crippen molar-refractivity contribution in [2.45, 2.75) is 6.92 Å². The predicted molar refractivity (Wildman–Crippen MR) is 66.2 cm³/mol. The maximum atomic E-state index is 13.1. The van der Waals surface area contributed by atoms with Crippen LogP contribution in [0.2, 0.25) is 0 Å². The zero-order valence-corrected chi connectivity index (χ0v) is 9.37. The monoisotopic (exact) mass is 226 g/mol. The van der Waals surface area contributed by atoms with E-state index in [2.05, 4.69) is 9.97 Å². The first-order chi connectivity index (χ1) is 8.22. The molecule has 0 fully saturated rings. The van der Waals surface area contributed by atoms with E-state index >= 15 is 0 Å². The molecule has 1 aromatic heterocycles. The molecule has 2 aromatic carbocycles. The number of aryl methyl sites for hydroxylation is 1.